The molecule has 2 aliphatic carbocycles. The summed E-state index contributed by atoms with van der Waals surface area (Å²) in [5, 5.41) is 0. The van der Waals surface area contributed by atoms with E-state index in [1.165, 1.54) is 71.9 Å². The van der Waals surface area contributed by atoms with Gasteiger partial charge in [-0.05, 0) is 70.6 Å². The van der Waals surface area contributed by atoms with Crippen molar-refractivity contribution in [3.63, 3.8) is 0 Å². The molecule has 3 nitrogen and oxygen atoms in total. The third-order valence-corrected chi connectivity index (χ3v) is 10.8. The first-order valence-electron chi connectivity index (χ1n) is 15.2. The molecule has 2 aromatic carbocycles. The SMILES string of the molecule is CC(C)c1cc2c(c(C3(C)CCCCC3)c1)OP(C)(=O)Oc1c(cc(C(C)C)cc1C1(C)CCCCC1)C2. The van der Waals surface area contributed by atoms with Gasteiger partial charge in [0.05, 0.1) is 6.66 Å². The van der Waals surface area contributed by atoms with Crippen LogP contribution in [0, 0.1) is 0 Å². The number of rotatable bonds is 4. The molecule has 0 atom stereocenters. The number of benzene rings is 2. The van der Waals surface area contributed by atoms with Crippen molar-refractivity contribution in [1.29, 1.82) is 0 Å². The molecule has 2 saturated carbocycles. The summed E-state index contributed by atoms with van der Waals surface area (Å²) in [5.74, 6) is 2.49. The molecule has 0 amide bonds. The Morgan fingerprint density at radius 1 is 0.658 bits per heavy atom. The summed E-state index contributed by atoms with van der Waals surface area (Å²) in [4.78, 5) is 0. The van der Waals surface area contributed by atoms with Crippen LogP contribution in [0.5, 0.6) is 11.5 Å². The van der Waals surface area contributed by atoms with Crippen LogP contribution in [0.1, 0.15) is 151 Å². The van der Waals surface area contributed by atoms with Gasteiger partial charge in [0, 0.05) is 17.5 Å². The van der Waals surface area contributed by atoms with Gasteiger partial charge in [0.1, 0.15) is 11.5 Å². The third kappa shape index (κ3) is 5.34. The van der Waals surface area contributed by atoms with Gasteiger partial charge in [0.15, 0.2) is 0 Å². The predicted molar refractivity (Wildman–Crippen MR) is 160 cm³/mol. The Labute approximate surface area is 231 Å². The normalized spacial score (nSPS) is 22.0. The molecular weight excluding hydrogens is 487 g/mol. The van der Waals surface area contributed by atoms with Crippen molar-refractivity contribution in [3.05, 3.63) is 57.6 Å². The maximum Gasteiger partial charge on any atom is 0.427 e. The van der Waals surface area contributed by atoms with Gasteiger partial charge in [0.2, 0.25) is 0 Å². The summed E-state index contributed by atoms with van der Waals surface area (Å²) in [5.41, 5.74) is 7.60. The lowest BCUT2D eigenvalue weighted by atomic mass is 9.69. The Morgan fingerprint density at radius 3 is 1.37 bits per heavy atom. The van der Waals surface area contributed by atoms with Gasteiger partial charge in [-0.3, -0.25) is 0 Å². The molecular formula is C34H49O3P. The van der Waals surface area contributed by atoms with Crippen LogP contribution in [0.15, 0.2) is 24.3 Å². The van der Waals surface area contributed by atoms with Gasteiger partial charge >= 0.3 is 7.60 Å². The van der Waals surface area contributed by atoms with Crippen molar-refractivity contribution in [2.45, 2.75) is 135 Å². The smallest absolute Gasteiger partial charge is 0.416 e. The van der Waals surface area contributed by atoms with Crippen molar-refractivity contribution < 1.29 is 13.6 Å². The van der Waals surface area contributed by atoms with Gasteiger partial charge < -0.3 is 9.05 Å². The van der Waals surface area contributed by atoms with Gasteiger partial charge in [-0.15, -0.1) is 0 Å². The zero-order valence-electron chi connectivity index (χ0n) is 24.9. The standard InChI is InChI=1S/C34H49O3P/c1-23(2)25-18-27-20-28-19-26(24(3)4)22-30(34(6)16-12-9-13-17-34)32(28)37-38(7,35)36-31(27)29(21-25)33(5)14-10-8-11-15-33/h18-19,21-24H,8-17,20H2,1-7H3. The van der Waals surface area contributed by atoms with Crippen LogP contribution in [-0.4, -0.2) is 6.66 Å². The Balaban J connectivity index is 1.74. The molecule has 1 aliphatic heterocycles. The molecule has 3 aliphatic rings. The monoisotopic (exact) mass is 536 g/mol. The van der Waals surface area contributed by atoms with E-state index in [9.17, 15) is 4.57 Å². The molecule has 1 heterocycles. The van der Waals surface area contributed by atoms with E-state index in [2.05, 4.69) is 65.8 Å². The number of fused-ring (bicyclic) bond motifs is 2. The summed E-state index contributed by atoms with van der Waals surface area (Å²) in [6, 6.07) is 9.37. The number of hydrogen-bond acceptors (Lipinski definition) is 3. The summed E-state index contributed by atoms with van der Waals surface area (Å²) < 4.78 is 27.3. The Hall–Kier alpha value is -1.73. The minimum Gasteiger partial charge on any atom is -0.416 e. The molecule has 0 unspecified atom stereocenters. The molecule has 2 aromatic rings. The van der Waals surface area contributed by atoms with E-state index in [-0.39, 0.29) is 10.8 Å². The van der Waals surface area contributed by atoms with Crippen molar-refractivity contribution in [2.24, 2.45) is 0 Å². The lowest BCUT2D eigenvalue weighted by Gasteiger charge is -2.39. The molecule has 2 fully saturated rings. The molecule has 0 radical (unpaired) electrons. The molecule has 4 heteroatoms. The lowest BCUT2D eigenvalue weighted by Crippen LogP contribution is -2.28. The Kier molecular flexibility index (Phi) is 7.58. The maximum atomic E-state index is 14.2. The highest BCUT2D eigenvalue weighted by atomic mass is 31.2. The molecule has 0 spiro atoms. The van der Waals surface area contributed by atoms with Crippen molar-refractivity contribution in [1.82, 2.24) is 0 Å². The fourth-order valence-corrected chi connectivity index (χ4v) is 8.36. The van der Waals surface area contributed by atoms with Gasteiger partial charge in [-0.25, -0.2) is 4.57 Å². The first-order valence-corrected chi connectivity index (χ1v) is 17.2. The highest BCUT2D eigenvalue weighted by molar-refractivity contribution is 7.53. The first kappa shape index (κ1) is 27.8. The lowest BCUT2D eigenvalue weighted by molar-refractivity contribution is 0.302. The average molecular weight is 537 g/mol. The van der Waals surface area contributed by atoms with Crippen LogP contribution in [0.3, 0.4) is 0 Å². The van der Waals surface area contributed by atoms with E-state index in [1.807, 2.05) is 0 Å². The topological polar surface area (TPSA) is 35.5 Å². The molecule has 0 bridgehead atoms. The summed E-state index contributed by atoms with van der Waals surface area (Å²) >= 11 is 0. The second-order valence-corrected chi connectivity index (χ2v) is 15.7. The van der Waals surface area contributed by atoms with Gasteiger partial charge in [-0.2, -0.15) is 0 Å². The molecule has 38 heavy (non-hydrogen) atoms. The first-order chi connectivity index (χ1) is 17.9. The quantitative estimate of drug-likeness (QED) is 0.365. The van der Waals surface area contributed by atoms with Crippen LogP contribution >= 0.6 is 7.60 Å². The van der Waals surface area contributed by atoms with E-state index < -0.39 is 7.60 Å². The van der Waals surface area contributed by atoms with Gasteiger partial charge in [-0.1, -0.05) is 104 Å². The van der Waals surface area contributed by atoms with E-state index >= 15 is 0 Å². The highest BCUT2D eigenvalue weighted by Gasteiger charge is 2.40. The molecule has 0 aromatic heterocycles. The van der Waals surface area contributed by atoms with E-state index in [0.717, 1.165) is 43.6 Å². The van der Waals surface area contributed by atoms with Crippen LogP contribution in [-0.2, 0) is 21.8 Å². The van der Waals surface area contributed by atoms with Crippen LogP contribution in [0.2, 0.25) is 0 Å². The average Bonchev–Trinajstić information content (AvgIpc) is 2.85. The highest BCUT2D eigenvalue weighted by Crippen LogP contribution is 2.57. The summed E-state index contributed by atoms with van der Waals surface area (Å²) in [6.45, 7) is 15.6. The van der Waals surface area contributed by atoms with Crippen molar-refractivity contribution in [3.8, 4) is 11.5 Å². The Bertz CT molecular complexity index is 1140. The Morgan fingerprint density at radius 2 is 1.03 bits per heavy atom. The molecule has 0 saturated heterocycles. The fraction of sp³-hybridized carbons (Fsp3) is 0.647. The zero-order valence-corrected chi connectivity index (χ0v) is 25.8. The van der Waals surface area contributed by atoms with Crippen molar-refractivity contribution in [2.75, 3.05) is 6.66 Å². The minimum absolute atomic E-state index is 0.0375. The van der Waals surface area contributed by atoms with Crippen LogP contribution < -0.4 is 9.05 Å². The molecule has 5 rings (SSSR count). The van der Waals surface area contributed by atoms with Gasteiger partial charge in [0.25, 0.3) is 0 Å². The van der Waals surface area contributed by atoms with E-state index in [1.54, 1.807) is 6.66 Å². The van der Waals surface area contributed by atoms with E-state index in [4.69, 9.17) is 9.05 Å². The largest absolute Gasteiger partial charge is 0.427 e. The van der Waals surface area contributed by atoms with E-state index in [0.29, 0.717) is 11.8 Å². The van der Waals surface area contributed by atoms with Crippen molar-refractivity contribution >= 4 is 7.60 Å². The zero-order chi connectivity index (χ0) is 27.3. The maximum absolute atomic E-state index is 14.2. The molecule has 0 N–H and O–H groups in total. The second kappa shape index (κ2) is 10.3. The third-order valence-electron chi connectivity index (χ3n) is 9.82. The summed E-state index contributed by atoms with van der Waals surface area (Å²) in [7, 11) is -3.42. The van der Waals surface area contributed by atoms with Crippen LogP contribution in [0.4, 0.5) is 0 Å². The number of hydrogen-bond donors (Lipinski definition) is 0. The molecule has 208 valence electrons. The minimum atomic E-state index is -3.42. The fourth-order valence-electron chi connectivity index (χ4n) is 7.23. The predicted octanol–water partition coefficient (Wildman–Crippen LogP) is 10.6. The summed E-state index contributed by atoms with van der Waals surface area (Å²) in [6.07, 6.45) is 12.9. The second-order valence-electron chi connectivity index (χ2n) is 13.8. The van der Waals surface area contributed by atoms with Crippen LogP contribution in [0.25, 0.3) is 0 Å².